The quantitative estimate of drug-likeness (QED) is 0.372. The third kappa shape index (κ3) is 5.87. The van der Waals surface area contributed by atoms with E-state index in [1.54, 1.807) is 13.1 Å². The highest BCUT2D eigenvalue weighted by atomic mass is 127. The summed E-state index contributed by atoms with van der Waals surface area (Å²) >= 11 is 2.03. The molecule has 2 fully saturated rings. The number of anilines is 1. The summed E-state index contributed by atoms with van der Waals surface area (Å²) < 4.78 is 26.5. The van der Waals surface area contributed by atoms with Gasteiger partial charge in [0.1, 0.15) is 0 Å². The Bertz CT molecular complexity index is 611. The van der Waals surface area contributed by atoms with E-state index >= 15 is 0 Å². The lowest BCUT2D eigenvalue weighted by Gasteiger charge is -2.20. The minimum atomic E-state index is -0.795. The van der Waals surface area contributed by atoms with Gasteiger partial charge in [0.2, 0.25) is 0 Å². The zero-order valence-corrected chi connectivity index (χ0v) is 18.2. The molecule has 0 aromatic heterocycles. The lowest BCUT2D eigenvalue weighted by molar-refractivity contribution is 0.508. The molecule has 0 spiro atoms. The molecule has 2 heterocycles. The molecule has 2 saturated heterocycles. The molecular formula is C18H27F2IN4S. The van der Waals surface area contributed by atoms with Gasteiger partial charge in [-0.3, -0.25) is 4.99 Å². The van der Waals surface area contributed by atoms with Crippen molar-refractivity contribution in [2.24, 2.45) is 10.9 Å². The SMILES string of the molecule is CN=C(NCC1CCN(c2ccc(F)c(F)c2)C1)NCC1CCCS1.I. The van der Waals surface area contributed by atoms with E-state index in [0.717, 1.165) is 44.2 Å². The van der Waals surface area contributed by atoms with Crippen molar-refractivity contribution in [2.45, 2.75) is 24.5 Å². The van der Waals surface area contributed by atoms with Gasteiger partial charge in [0.05, 0.1) is 0 Å². The molecule has 0 bridgehead atoms. The molecular weight excluding hydrogens is 469 g/mol. The van der Waals surface area contributed by atoms with E-state index in [0.29, 0.717) is 11.2 Å². The molecule has 2 atom stereocenters. The van der Waals surface area contributed by atoms with Crippen LogP contribution in [0.5, 0.6) is 0 Å². The van der Waals surface area contributed by atoms with Gasteiger partial charge in [-0.2, -0.15) is 11.8 Å². The van der Waals surface area contributed by atoms with Crippen molar-refractivity contribution in [1.29, 1.82) is 0 Å². The summed E-state index contributed by atoms with van der Waals surface area (Å²) in [5, 5.41) is 7.49. The topological polar surface area (TPSA) is 39.7 Å². The van der Waals surface area contributed by atoms with Crippen molar-refractivity contribution in [2.75, 3.05) is 43.9 Å². The van der Waals surface area contributed by atoms with E-state index in [-0.39, 0.29) is 24.0 Å². The monoisotopic (exact) mass is 496 g/mol. The summed E-state index contributed by atoms with van der Waals surface area (Å²) in [4.78, 5) is 6.40. The number of rotatable bonds is 5. The second-order valence-corrected chi connectivity index (χ2v) is 8.08. The maximum atomic E-state index is 13.4. The molecule has 8 heteroatoms. The number of thioether (sulfide) groups is 1. The van der Waals surface area contributed by atoms with Crippen LogP contribution in [0.15, 0.2) is 23.2 Å². The van der Waals surface area contributed by atoms with Gasteiger partial charge in [0, 0.05) is 50.2 Å². The Morgan fingerprint density at radius 1 is 1.23 bits per heavy atom. The van der Waals surface area contributed by atoms with Gasteiger partial charge in [0.25, 0.3) is 0 Å². The predicted octanol–water partition coefficient (Wildman–Crippen LogP) is 3.47. The number of hydrogen-bond acceptors (Lipinski definition) is 3. The average Bonchev–Trinajstić information content (AvgIpc) is 3.29. The van der Waals surface area contributed by atoms with Gasteiger partial charge < -0.3 is 15.5 Å². The highest BCUT2D eigenvalue weighted by molar-refractivity contribution is 14.0. The fraction of sp³-hybridized carbons (Fsp3) is 0.611. The van der Waals surface area contributed by atoms with Crippen molar-refractivity contribution in [1.82, 2.24) is 10.6 Å². The van der Waals surface area contributed by atoms with Crippen molar-refractivity contribution >= 4 is 47.4 Å². The lowest BCUT2D eigenvalue weighted by atomic mass is 10.1. The van der Waals surface area contributed by atoms with Crippen LogP contribution in [0.2, 0.25) is 0 Å². The van der Waals surface area contributed by atoms with E-state index in [2.05, 4.69) is 20.5 Å². The van der Waals surface area contributed by atoms with Crippen LogP contribution in [0, 0.1) is 17.6 Å². The Hall–Kier alpha value is -0.770. The van der Waals surface area contributed by atoms with Gasteiger partial charge in [-0.1, -0.05) is 0 Å². The van der Waals surface area contributed by atoms with Gasteiger partial charge in [-0.05, 0) is 43.1 Å². The molecule has 146 valence electrons. The number of guanidine groups is 1. The fourth-order valence-electron chi connectivity index (χ4n) is 3.39. The highest BCUT2D eigenvalue weighted by Gasteiger charge is 2.23. The first-order valence-corrected chi connectivity index (χ1v) is 9.96. The van der Waals surface area contributed by atoms with E-state index in [4.69, 9.17) is 0 Å². The number of hydrogen-bond donors (Lipinski definition) is 2. The molecule has 0 saturated carbocycles. The summed E-state index contributed by atoms with van der Waals surface area (Å²) in [5.41, 5.74) is 0.752. The van der Waals surface area contributed by atoms with Crippen LogP contribution in [0.1, 0.15) is 19.3 Å². The van der Waals surface area contributed by atoms with Crippen molar-refractivity contribution in [3.8, 4) is 0 Å². The van der Waals surface area contributed by atoms with Crippen molar-refractivity contribution in [3.63, 3.8) is 0 Å². The van der Waals surface area contributed by atoms with E-state index in [1.807, 2.05) is 11.8 Å². The van der Waals surface area contributed by atoms with Crippen LogP contribution in [0.4, 0.5) is 14.5 Å². The molecule has 1 aromatic carbocycles. The predicted molar refractivity (Wildman–Crippen MR) is 117 cm³/mol. The lowest BCUT2D eigenvalue weighted by Crippen LogP contribution is -2.42. The Balaban J connectivity index is 0.00000243. The first-order valence-electron chi connectivity index (χ1n) is 8.92. The van der Waals surface area contributed by atoms with E-state index in [9.17, 15) is 8.78 Å². The van der Waals surface area contributed by atoms with Crippen LogP contribution in [-0.2, 0) is 0 Å². The zero-order valence-electron chi connectivity index (χ0n) is 15.0. The number of benzene rings is 1. The molecule has 2 N–H and O–H groups in total. The molecule has 0 radical (unpaired) electrons. The zero-order chi connectivity index (χ0) is 17.6. The standard InChI is InChI=1S/C18H26F2N4S.HI/c1-21-18(23-11-15-3-2-8-25-15)22-10-13-6-7-24(12-13)14-4-5-16(19)17(20)9-14;/h4-5,9,13,15H,2-3,6-8,10-12H2,1H3,(H2,21,22,23);1H. The minimum absolute atomic E-state index is 0. The molecule has 2 unspecified atom stereocenters. The number of halogens is 3. The van der Waals surface area contributed by atoms with Gasteiger partial charge in [0.15, 0.2) is 17.6 Å². The van der Waals surface area contributed by atoms with Crippen LogP contribution < -0.4 is 15.5 Å². The smallest absolute Gasteiger partial charge is 0.191 e. The maximum absolute atomic E-state index is 13.4. The van der Waals surface area contributed by atoms with E-state index < -0.39 is 11.6 Å². The van der Waals surface area contributed by atoms with Gasteiger partial charge in [-0.25, -0.2) is 8.78 Å². The van der Waals surface area contributed by atoms with Crippen LogP contribution in [0.25, 0.3) is 0 Å². The maximum Gasteiger partial charge on any atom is 0.191 e. The second-order valence-electron chi connectivity index (χ2n) is 6.67. The van der Waals surface area contributed by atoms with E-state index in [1.165, 1.54) is 30.7 Å². The highest BCUT2D eigenvalue weighted by Crippen LogP contribution is 2.26. The normalized spacial score (nSPS) is 23.0. The molecule has 4 nitrogen and oxygen atoms in total. The largest absolute Gasteiger partial charge is 0.371 e. The molecule has 2 aliphatic rings. The molecule has 0 amide bonds. The third-order valence-corrected chi connectivity index (χ3v) is 6.26. The van der Waals surface area contributed by atoms with Crippen molar-refractivity contribution < 1.29 is 8.78 Å². The first-order chi connectivity index (χ1) is 12.2. The Labute approximate surface area is 175 Å². The van der Waals surface area contributed by atoms with Crippen LogP contribution >= 0.6 is 35.7 Å². The Morgan fingerprint density at radius 3 is 2.73 bits per heavy atom. The summed E-state index contributed by atoms with van der Waals surface area (Å²) in [5.74, 6) is 0.997. The molecule has 1 aromatic rings. The van der Waals surface area contributed by atoms with Crippen LogP contribution in [0.3, 0.4) is 0 Å². The average molecular weight is 496 g/mol. The minimum Gasteiger partial charge on any atom is -0.371 e. The number of nitrogens with zero attached hydrogens (tertiary/aromatic N) is 2. The Kier molecular flexibility index (Phi) is 8.72. The Morgan fingerprint density at radius 2 is 2.04 bits per heavy atom. The van der Waals surface area contributed by atoms with Crippen molar-refractivity contribution in [3.05, 3.63) is 29.8 Å². The number of nitrogens with one attached hydrogen (secondary N) is 2. The summed E-state index contributed by atoms with van der Waals surface area (Å²) in [6.45, 7) is 3.49. The fourth-order valence-corrected chi connectivity index (χ4v) is 4.59. The third-order valence-electron chi connectivity index (χ3n) is 4.86. The summed E-state index contributed by atoms with van der Waals surface area (Å²) in [7, 11) is 1.79. The summed E-state index contributed by atoms with van der Waals surface area (Å²) in [6.07, 6.45) is 3.62. The molecule has 2 aliphatic heterocycles. The van der Waals surface area contributed by atoms with Gasteiger partial charge in [-0.15, -0.1) is 24.0 Å². The first kappa shape index (κ1) is 21.5. The van der Waals surface area contributed by atoms with Gasteiger partial charge >= 0.3 is 0 Å². The number of aliphatic imine (C=N–C) groups is 1. The molecule has 26 heavy (non-hydrogen) atoms. The van der Waals surface area contributed by atoms with Crippen LogP contribution in [-0.4, -0.2) is 50.2 Å². The second kappa shape index (κ2) is 10.5. The molecule has 0 aliphatic carbocycles. The summed E-state index contributed by atoms with van der Waals surface area (Å²) in [6, 6.07) is 4.13. The molecule has 3 rings (SSSR count).